The fraction of sp³-hybridized carbons (Fsp3) is 0.533. The van der Waals surface area contributed by atoms with E-state index in [1.54, 1.807) is 18.0 Å². The van der Waals surface area contributed by atoms with Gasteiger partial charge in [0.2, 0.25) is 5.91 Å². The van der Waals surface area contributed by atoms with E-state index in [0.717, 1.165) is 5.56 Å². The fourth-order valence-corrected chi connectivity index (χ4v) is 2.10. The van der Waals surface area contributed by atoms with Crippen molar-refractivity contribution in [1.82, 2.24) is 10.2 Å². The van der Waals surface area contributed by atoms with Gasteiger partial charge in [0.1, 0.15) is 5.82 Å². The van der Waals surface area contributed by atoms with Crippen molar-refractivity contribution in [2.75, 3.05) is 20.6 Å². The molecule has 19 heavy (non-hydrogen) atoms. The van der Waals surface area contributed by atoms with Crippen molar-refractivity contribution in [2.24, 2.45) is 11.8 Å². The topological polar surface area (TPSA) is 32.3 Å². The molecule has 1 aromatic rings. The number of hydrogen-bond donors (Lipinski definition) is 1. The van der Waals surface area contributed by atoms with E-state index in [0.29, 0.717) is 13.1 Å². The lowest BCUT2D eigenvalue weighted by Crippen LogP contribution is -2.39. The van der Waals surface area contributed by atoms with Crippen LogP contribution in [-0.4, -0.2) is 31.4 Å². The second kappa shape index (κ2) is 7.24. The molecule has 0 bridgehead atoms. The summed E-state index contributed by atoms with van der Waals surface area (Å²) in [4.78, 5) is 14.0. The van der Waals surface area contributed by atoms with Crippen molar-refractivity contribution in [3.05, 3.63) is 35.6 Å². The number of benzene rings is 1. The third-order valence-corrected chi connectivity index (χ3v) is 3.23. The molecule has 0 aliphatic rings. The summed E-state index contributed by atoms with van der Waals surface area (Å²) in [5.41, 5.74) is 0.808. The van der Waals surface area contributed by atoms with Gasteiger partial charge in [-0.15, -0.1) is 0 Å². The quantitative estimate of drug-likeness (QED) is 0.856. The van der Waals surface area contributed by atoms with E-state index < -0.39 is 0 Å². The average Bonchev–Trinajstić information content (AvgIpc) is 2.34. The molecule has 0 saturated heterocycles. The molecular formula is C15H23FN2O. The maximum absolute atomic E-state index is 13.1. The highest BCUT2D eigenvalue weighted by atomic mass is 19.1. The van der Waals surface area contributed by atoms with E-state index in [4.69, 9.17) is 0 Å². The first kappa shape index (κ1) is 15.6. The van der Waals surface area contributed by atoms with Crippen LogP contribution in [0.5, 0.6) is 0 Å². The van der Waals surface area contributed by atoms with Crippen LogP contribution in [0.3, 0.4) is 0 Å². The molecule has 0 aliphatic carbocycles. The Morgan fingerprint density at radius 2 is 2.11 bits per heavy atom. The lowest BCUT2D eigenvalue weighted by Gasteiger charge is -2.26. The molecule has 1 rings (SSSR count). The molecule has 0 fully saturated rings. The highest BCUT2D eigenvalue weighted by molar-refractivity contribution is 5.79. The van der Waals surface area contributed by atoms with Gasteiger partial charge in [-0.3, -0.25) is 4.79 Å². The van der Waals surface area contributed by atoms with Gasteiger partial charge in [0.15, 0.2) is 0 Å². The van der Waals surface area contributed by atoms with Gasteiger partial charge in [0, 0.05) is 20.1 Å². The first-order valence-electron chi connectivity index (χ1n) is 6.59. The monoisotopic (exact) mass is 266 g/mol. The fourth-order valence-electron chi connectivity index (χ4n) is 2.10. The second-order valence-electron chi connectivity index (χ2n) is 5.23. The molecule has 1 amide bonds. The van der Waals surface area contributed by atoms with Crippen molar-refractivity contribution in [1.29, 1.82) is 0 Å². The minimum atomic E-state index is -0.269. The van der Waals surface area contributed by atoms with Crippen LogP contribution in [-0.2, 0) is 11.3 Å². The zero-order valence-electron chi connectivity index (χ0n) is 12.1. The van der Waals surface area contributed by atoms with Crippen LogP contribution in [0.1, 0.15) is 19.4 Å². The Balaban J connectivity index is 2.70. The molecule has 0 aromatic heterocycles. The number of halogens is 1. The van der Waals surface area contributed by atoms with Gasteiger partial charge in [-0.05, 0) is 30.7 Å². The standard InChI is InChI=1S/C15H23FN2O/c1-11(2)14(9-17-3)15(19)18(4)10-12-6-5-7-13(16)8-12/h5-8,11,14,17H,9-10H2,1-4H3. The maximum atomic E-state index is 13.1. The van der Waals surface area contributed by atoms with Crippen LogP contribution in [0.25, 0.3) is 0 Å². The van der Waals surface area contributed by atoms with E-state index >= 15 is 0 Å². The number of rotatable bonds is 6. The Bertz CT molecular complexity index is 420. The molecule has 0 saturated carbocycles. The van der Waals surface area contributed by atoms with Crippen LogP contribution in [0.4, 0.5) is 4.39 Å². The summed E-state index contributed by atoms with van der Waals surface area (Å²) in [5.74, 6) is 0.0427. The second-order valence-corrected chi connectivity index (χ2v) is 5.23. The summed E-state index contributed by atoms with van der Waals surface area (Å²) in [7, 11) is 3.60. The molecule has 1 aromatic carbocycles. The zero-order chi connectivity index (χ0) is 14.4. The molecule has 1 unspecified atom stereocenters. The largest absolute Gasteiger partial charge is 0.341 e. The van der Waals surface area contributed by atoms with Crippen molar-refractivity contribution >= 4 is 5.91 Å². The number of hydrogen-bond acceptors (Lipinski definition) is 2. The third kappa shape index (κ3) is 4.63. The Morgan fingerprint density at radius 3 is 2.63 bits per heavy atom. The molecule has 0 radical (unpaired) electrons. The van der Waals surface area contributed by atoms with E-state index in [-0.39, 0.29) is 23.6 Å². The van der Waals surface area contributed by atoms with Crippen LogP contribution in [0.15, 0.2) is 24.3 Å². The Labute approximate surface area is 114 Å². The molecule has 0 heterocycles. The first-order chi connectivity index (χ1) is 8.95. The van der Waals surface area contributed by atoms with Gasteiger partial charge in [-0.25, -0.2) is 4.39 Å². The van der Waals surface area contributed by atoms with Crippen molar-refractivity contribution in [3.8, 4) is 0 Å². The van der Waals surface area contributed by atoms with E-state index in [9.17, 15) is 9.18 Å². The average molecular weight is 266 g/mol. The zero-order valence-corrected chi connectivity index (χ0v) is 12.1. The molecule has 3 nitrogen and oxygen atoms in total. The smallest absolute Gasteiger partial charge is 0.227 e. The van der Waals surface area contributed by atoms with Gasteiger partial charge in [0.05, 0.1) is 5.92 Å². The number of carbonyl (C=O) groups is 1. The number of nitrogens with one attached hydrogen (secondary N) is 1. The Hall–Kier alpha value is -1.42. The molecule has 0 aliphatic heterocycles. The SMILES string of the molecule is CNCC(C(=O)N(C)Cc1cccc(F)c1)C(C)C. The van der Waals surface area contributed by atoms with Crippen molar-refractivity contribution in [3.63, 3.8) is 0 Å². The lowest BCUT2D eigenvalue weighted by atomic mass is 9.94. The minimum absolute atomic E-state index is 0.0523. The summed E-state index contributed by atoms with van der Waals surface area (Å²) >= 11 is 0. The van der Waals surface area contributed by atoms with Gasteiger partial charge >= 0.3 is 0 Å². The molecule has 4 heteroatoms. The third-order valence-electron chi connectivity index (χ3n) is 3.23. The molecule has 1 N–H and O–H groups in total. The highest BCUT2D eigenvalue weighted by Crippen LogP contribution is 2.15. The summed E-state index contributed by atoms with van der Waals surface area (Å²) < 4.78 is 13.1. The maximum Gasteiger partial charge on any atom is 0.227 e. The molecule has 0 spiro atoms. The number of amides is 1. The van der Waals surface area contributed by atoms with Crippen LogP contribution >= 0.6 is 0 Å². The van der Waals surface area contributed by atoms with Crippen LogP contribution < -0.4 is 5.32 Å². The van der Waals surface area contributed by atoms with Crippen LogP contribution in [0.2, 0.25) is 0 Å². The summed E-state index contributed by atoms with van der Waals surface area (Å²) in [6, 6.07) is 6.36. The Kier molecular flexibility index (Phi) is 5.96. The van der Waals surface area contributed by atoms with Gasteiger partial charge in [-0.2, -0.15) is 0 Å². The van der Waals surface area contributed by atoms with E-state index in [1.807, 2.05) is 27.0 Å². The highest BCUT2D eigenvalue weighted by Gasteiger charge is 2.24. The van der Waals surface area contributed by atoms with Gasteiger partial charge in [-0.1, -0.05) is 26.0 Å². The summed E-state index contributed by atoms with van der Waals surface area (Å²) in [6.07, 6.45) is 0. The number of carbonyl (C=O) groups excluding carboxylic acids is 1. The van der Waals surface area contributed by atoms with E-state index in [1.165, 1.54) is 12.1 Å². The van der Waals surface area contributed by atoms with Gasteiger partial charge < -0.3 is 10.2 Å². The summed E-state index contributed by atoms with van der Waals surface area (Å²) in [5, 5.41) is 3.05. The van der Waals surface area contributed by atoms with Crippen LogP contribution in [0, 0.1) is 17.7 Å². The molecule has 106 valence electrons. The number of nitrogens with zero attached hydrogens (tertiary/aromatic N) is 1. The minimum Gasteiger partial charge on any atom is -0.341 e. The van der Waals surface area contributed by atoms with Gasteiger partial charge in [0.25, 0.3) is 0 Å². The first-order valence-corrected chi connectivity index (χ1v) is 6.59. The molecular weight excluding hydrogens is 243 g/mol. The predicted octanol–water partition coefficient (Wildman–Crippen LogP) is 2.28. The predicted molar refractivity (Wildman–Crippen MR) is 75.1 cm³/mol. The van der Waals surface area contributed by atoms with E-state index in [2.05, 4.69) is 5.32 Å². The Morgan fingerprint density at radius 1 is 1.42 bits per heavy atom. The van der Waals surface area contributed by atoms with Crippen molar-refractivity contribution < 1.29 is 9.18 Å². The van der Waals surface area contributed by atoms with Crippen molar-refractivity contribution in [2.45, 2.75) is 20.4 Å². The normalized spacial score (nSPS) is 12.5. The summed E-state index contributed by atoms with van der Waals surface area (Å²) in [6.45, 7) is 5.17. The lowest BCUT2D eigenvalue weighted by molar-refractivity contribution is -0.136. The molecule has 1 atom stereocenters.